The molecule has 0 aliphatic heterocycles. The van der Waals surface area contributed by atoms with Crippen molar-refractivity contribution in [1.29, 1.82) is 0 Å². The third-order valence-corrected chi connectivity index (χ3v) is 14.0. The van der Waals surface area contributed by atoms with E-state index in [2.05, 4.69) is 26.4 Å². The first-order chi connectivity index (χ1) is 32.6. The highest BCUT2D eigenvalue weighted by Gasteiger charge is 2.32. The summed E-state index contributed by atoms with van der Waals surface area (Å²) < 4.78 is 35.7. The van der Waals surface area contributed by atoms with E-state index in [1.165, 1.54) is 51.2 Å². The summed E-state index contributed by atoms with van der Waals surface area (Å²) in [6.45, 7) is 2.53. The number of aromatic nitrogens is 5. The summed E-state index contributed by atoms with van der Waals surface area (Å²) in [6.07, 6.45) is 5.37. The summed E-state index contributed by atoms with van der Waals surface area (Å²) in [5.74, 6) is -1.48. The van der Waals surface area contributed by atoms with Crippen LogP contribution < -0.4 is 38.1 Å². The molecule has 354 valence electrons. The van der Waals surface area contributed by atoms with E-state index in [4.69, 9.17) is 23.2 Å². The van der Waals surface area contributed by atoms with Gasteiger partial charge in [-0.15, -0.1) is 11.3 Å². The summed E-state index contributed by atoms with van der Waals surface area (Å²) >= 11 is 16.0. The molecule has 0 spiro atoms. The maximum atomic E-state index is 15.1. The lowest BCUT2D eigenvalue weighted by Gasteiger charge is -2.21. The van der Waals surface area contributed by atoms with Crippen LogP contribution in [0.1, 0.15) is 65.4 Å². The SMILES string of the molecule is Cc1c(=O)n(C)c(Nc2ccc(I)cc2F)c2c(=O)n(C3CC3)c(=O)n(-c3cccc(NC(=O)CCCCCNC[C@H](Cc4cccc(F)c4)NC(=O)c4cc(-c5c(Cl)cnn5C)c(Cl)s4)c3)c12. The van der Waals surface area contributed by atoms with Crippen LogP contribution >= 0.6 is 57.1 Å². The van der Waals surface area contributed by atoms with Crippen molar-refractivity contribution in [3.8, 4) is 16.9 Å². The number of anilines is 3. The number of rotatable bonds is 18. The van der Waals surface area contributed by atoms with Crippen LogP contribution in [0.3, 0.4) is 0 Å². The number of aryl methyl sites for hydroxylation is 2. The zero-order valence-corrected chi connectivity index (χ0v) is 41.6. The first kappa shape index (κ1) is 48.8. The second-order valence-electron chi connectivity index (χ2n) is 16.7. The average molecular weight is 1100 g/mol. The number of benzene rings is 3. The summed E-state index contributed by atoms with van der Waals surface area (Å²) in [5.41, 5.74) is 1.24. The standard InChI is InChI=1S/C48H46Cl2F2IN9O5S/c1-26-41-40(44(59(2)46(26)65)58-37-17-14-29(53)21-36(37)52)47(66)62(32-15-16-32)48(67)61(41)33-12-8-11-30(22-33)56-39(63)13-5-4-6-18-54-24-31(20-27-9-7-10-28(51)19-27)57-45(64)38-23-34(43(50)68-38)42-35(49)25-55-60(42)3/h7-12,14,17,19,21-23,25,31-32,54,58H,4-6,13,15-16,18,20,24H2,1-3H3,(H,56,63)(H,57,64)/t31-/m0/s1. The largest absolute Gasteiger partial charge is 0.347 e. The van der Waals surface area contributed by atoms with Crippen LogP contribution in [0.25, 0.3) is 27.8 Å². The minimum atomic E-state index is -0.624. The molecule has 0 saturated heterocycles. The van der Waals surface area contributed by atoms with Gasteiger partial charge < -0.3 is 21.3 Å². The molecule has 1 saturated carbocycles. The van der Waals surface area contributed by atoms with Crippen LogP contribution in [0, 0.1) is 22.1 Å². The Morgan fingerprint density at radius 1 is 0.956 bits per heavy atom. The molecule has 7 aromatic rings. The van der Waals surface area contributed by atoms with E-state index >= 15 is 4.39 Å². The highest BCUT2D eigenvalue weighted by molar-refractivity contribution is 14.1. The lowest BCUT2D eigenvalue weighted by Crippen LogP contribution is -2.43. The molecule has 4 heterocycles. The molecule has 2 amide bonds. The summed E-state index contributed by atoms with van der Waals surface area (Å²) in [6, 6.07) is 18.4. The van der Waals surface area contributed by atoms with Gasteiger partial charge in [0, 0.05) is 59.5 Å². The topological polar surface area (TPSA) is 166 Å². The molecule has 0 bridgehead atoms. The van der Waals surface area contributed by atoms with Crippen molar-refractivity contribution < 1.29 is 18.4 Å². The Bertz CT molecular complexity index is 3250. The van der Waals surface area contributed by atoms with Gasteiger partial charge in [-0.2, -0.15) is 5.10 Å². The maximum absolute atomic E-state index is 15.1. The van der Waals surface area contributed by atoms with Crippen molar-refractivity contribution in [2.75, 3.05) is 23.7 Å². The summed E-state index contributed by atoms with van der Waals surface area (Å²) in [5, 5.41) is 17.0. The predicted octanol–water partition coefficient (Wildman–Crippen LogP) is 9.02. The highest BCUT2D eigenvalue weighted by atomic mass is 127. The van der Waals surface area contributed by atoms with Crippen LogP contribution in [0.4, 0.5) is 26.0 Å². The molecular formula is C48H46Cl2F2IN9O5S. The fraction of sp³-hybridized carbons (Fsp3) is 0.292. The van der Waals surface area contributed by atoms with Gasteiger partial charge in [-0.1, -0.05) is 47.8 Å². The Hall–Kier alpha value is -5.67. The third-order valence-electron chi connectivity index (χ3n) is 11.7. The van der Waals surface area contributed by atoms with E-state index in [1.807, 2.05) is 22.6 Å². The number of carbonyl (C=O) groups excluding carboxylic acids is 2. The smallest absolute Gasteiger partial charge is 0.336 e. The highest BCUT2D eigenvalue weighted by Crippen LogP contribution is 2.39. The van der Waals surface area contributed by atoms with Gasteiger partial charge >= 0.3 is 5.69 Å². The van der Waals surface area contributed by atoms with Gasteiger partial charge in [0.2, 0.25) is 5.91 Å². The first-order valence-corrected chi connectivity index (χ1v) is 24.5. The zero-order valence-electron chi connectivity index (χ0n) is 37.1. The van der Waals surface area contributed by atoms with Gasteiger partial charge in [0.05, 0.1) is 38.7 Å². The monoisotopic (exact) mass is 1100 g/mol. The Labute approximate surface area is 416 Å². The number of fused-ring (bicyclic) bond motifs is 1. The molecule has 68 heavy (non-hydrogen) atoms. The van der Waals surface area contributed by atoms with Gasteiger partial charge in [-0.25, -0.2) is 13.6 Å². The molecule has 14 nitrogen and oxygen atoms in total. The van der Waals surface area contributed by atoms with Crippen LogP contribution in [0.2, 0.25) is 9.36 Å². The molecule has 3 aromatic carbocycles. The van der Waals surface area contributed by atoms with Gasteiger partial charge in [-0.05, 0) is 128 Å². The van der Waals surface area contributed by atoms with Crippen LogP contribution in [-0.2, 0) is 25.3 Å². The van der Waals surface area contributed by atoms with Gasteiger partial charge in [0.15, 0.2) is 0 Å². The predicted molar refractivity (Wildman–Crippen MR) is 272 cm³/mol. The molecule has 4 N–H and O–H groups in total. The fourth-order valence-electron chi connectivity index (χ4n) is 8.24. The van der Waals surface area contributed by atoms with E-state index in [-0.39, 0.29) is 58.1 Å². The lowest BCUT2D eigenvalue weighted by atomic mass is 10.1. The Kier molecular flexibility index (Phi) is 15.0. The molecule has 0 radical (unpaired) electrons. The van der Waals surface area contributed by atoms with Crippen molar-refractivity contribution in [3.63, 3.8) is 0 Å². The zero-order chi connectivity index (χ0) is 48.4. The molecule has 1 fully saturated rings. The number of carbonyl (C=O) groups is 2. The number of hydrogen-bond acceptors (Lipinski definition) is 9. The number of nitrogens with zero attached hydrogens (tertiary/aromatic N) is 5. The molecule has 0 unspecified atom stereocenters. The quantitative estimate of drug-likeness (QED) is 0.0489. The van der Waals surface area contributed by atoms with Gasteiger partial charge in [0.1, 0.15) is 27.2 Å². The third kappa shape index (κ3) is 10.6. The first-order valence-electron chi connectivity index (χ1n) is 21.9. The normalized spacial score (nSPS) is 12.9. The second kappa shape index (κ2) is 20.9. The number of thiophene rings is 1. The van der Waals surface area contributed by atoms with E-state index in [9.17, 15) is 28.4 Å². The van der Waals surface area contributed by atoms with Crippen molar-refractivity contribution in [2.45, 2.75) is 64.0 Å². The lowest BCUT2D eigenvalue weighted by molar-refractivity contribution is -0.116. The van der Waals surface area contributed by atoms with Crippen LogP contribution in [0.5, 0.6) is 0 Å². The minimum absolute atomic E-state index is 0.0429. The molecule has 20 heteroatoms. The Balaban J connectivity index is 0.910. The van der Waals surface area contributed by atoms with Gasteiger partial charge in [-0.3, -0.25) is 37.6 Å². The molecule has 1 aliphatic rings. The van der Waals surface area contributed by atoms with Crippen molar-refractivity contribution in [2.24, 2.45) is 14.1 Å². The number of amides is 2. The van der Waals surface area contributed by atoms with E-state index in [1.54, 1.807) is 67.2 Å². The number of halogens is 5. The second-order valence-corrected chi connectivity index (χ2v) is 20.0. The van der Waals surface area contributed by atoms with E-state index in [0.29, 0.717) is 79.2 Å². The molecule has 1 aliphatic carbocycles. The maximum Gasteiger partial charge on any atom is 0.336 e. The number of hydrogen-bond donors (Lipinski definition) is 4. The van der Waals surface area contributed by atoms with Crippen molar-refractivity contribution in [1.82, 2.24) is 34.1 Å². The molecule has 8 rings (SSSR count). The van der Waals surface area contributed by atoms with Crippen LogP contribution in [-0.4, -0.2) is 54.4 Å². The molecule has 4 aromatic heterocycles. The summed E-state index contributed by atoms with van der Waals surface area (Å²) in [4.78, 5) is 69.4. The van der Waals surface area contributed by atoms with E-state index < -0.39 is 28.7 Å². The molecule has 1 atom stereocenters. The number of unbranched alkanes of at least 4 members (excludes halogenated alkanes) is 2. The number of nitrogens with one attached hydrogen (secondary N) is 4. The fourth-order valence-corrected chi connectivity index (χ4v) is 10.1. The average Bonchev–Trinajstić information content (AvgIpc) is 3.98. The van der Waals surface area contributed by atoms with Crippen LogP contribution in [0.15, 0.2) is 93.4 Å². The minimum Gasteiger partial charge on any atom is -0.347 e. The number of pyridine rings is 1. The molecular weight excluding hydrogens is 1050 g/mol. The Morgan fingerprint density at radius 2 is 1.74 bits per heavy atom. The van der Waals surface area contributed by atoms with E-state index in [0.717, 1.165) is 29.7 Å². The van der Waals surface area contributed by atoms with Gasteiger partial charge in [0.25, 0.3) is 17.0 Å². The Morgan fingerprint density at radius 3 is 2.46 bits per heavy atom. The van der Waals surface area contributed by atoms with Crippen molar-refractivity contribution in [3.05, 3.63) is 151 Å². The summed E-state index contributed by atoms with van der Waals surface area (Å²) in [7, 11) is 3.22. The van der Waals surface area contributed by atoms with Crippen molar-refractivity contribution >= 4 is 97.0 Å².